The number of rotatable bonds is 2. The van der Waals surface area contributed by atoms with Crippen LogP contribution in [-0.4, -0.2) is 0 Å². The van der Waals surface area contributed by atoms with Crippen molar-refractivity contribution < 1.29 is 8.81 Å². The minimum atomic E-state index is -0.334. The molecule has 0 saturated heterocycles. The zero-order valence-electron chi connectivity index (χ0n) is 8.95. The van der Waals surface area contributed by atoms with Crippen LogP contribution in [0.5, 0.6) is 0 Å². The fourth-order valence-electron chi connectivity index (χ4n) is 1.39. The van der Waals surface area contributed by atoms with E-state index < -0.39 is 0 Å². The van der Waals surface area contributed by atoms with E-state index in [2.05, 4.69) is 37.9 Å². The molecule has 0 saturated carbocycles. The van der Waals surface area contributed by atoms with Crippen molar-refractivity contribution >= 4 is 43.5 Å². The number of allylic oxidation sites excluding steroid dienone is 1. The Hall–Kier alpha value is -1.38. The number of halogens is 3. The van der Waals surface area contributed by atoms with Gasteiger partial charge in [-0.3, -0.25) is 0 Å². The summed E-state index contributed by atoms with van der Waals surface area (Å²) < 4.78 is 19.5. The number of hydrogen-bond acceptors (Lipinski definition) is 2. The van der Waals surface area contributed by atoms with E-state index in [9.17, 15) is 4.39 Å². The van der Waals surface area contributed by atoms with Crippen molar-refractivity contribution in [2.24, 2.45) is 0 Å². The fraction of sp³-hybridized carbons (Fsp3) is 0. The van der Waals surface area contributed by atoms with Crippen LogP contribution in [0.15, 0.2) is 43.9 Å². The molecule has 1 aromatic carbocycles. The minimum absolute atomic E-state index is 0.334. The van der Waals surface area contributed by atoms with Crippen molar-refractivity contribution in [2.75, 3.05) is 0 Å². The summed E-state index contributed by atoms with van der Waals surface area (Å²) in [6, 6.07) is 9.54. The molecule has 0 atom stereocenters. The van der Waals surface area contributed by atoms with Gasteiger partial charge in [-0.25, -0.2) is 4.39 Å². The highest BCUT2D eigenvalue weighted by atomic mass is 79.9. The van der Waals surface area contributed by atoms with Gasteiger partial charge in [-0.15, -0.1) is 0 Å². The maximum Gasteiger partial charge on any atom is 0.184 e. The predicted octanol–water partition coefficient (Wildman–Crippen LogP) is 5.01. The molecule has 0 aliphatic heterocycles. The molecular formula is C13H6Br2FNO. The third kappa shape index (κ3) is 2.89. The van der Waals surface area contributed by atoms with Crippen LogP contribution in [0.25, 0.3) is 11.6 Å². The van der Waals surface area contributed by atoms with Crippen LogP contribution < -0.4 is 0 Å². The molecule has 0 radical (unpaired) electrons. The molecule has 1 aromatic heterocycles. The molecule has 0 amide bonds. The lowest BCUT2D eigenvalue weighted by atomic mass is 10.1. The van der Waals surface area contributed by atoms with E-state index in [-0.39, 0.29) is 5.82 Å². The average molecular weight is 371 g/mol. The molecule has 0 aliphatic rings. The predicted molar refractivity (Wildman–Crippen MR) is 74.0 cm³/mol. The summed E-state index contributed by atoms with van der Waals surface area (Å²) in [5, 5.41) is 9.11. The zero-order chi connectivity index (χ0) is 13.1. The minimum Gasteiger partial charge on any atom is -0.449 e. The maximum atomic E-state index is 12.8. The van der Waals surface area contributed by atoms with Gasteiger partial charge in [0.05, 0.1) is 16.1 Å². The fourth-order valence-corrected chi connectivity index (χ4v) is 1.99. The number of benzene rings is 1. The monoisotopic (exact) mass is 369 g/mol. The highest BCUT2D eigenvalue weighted by molar-refractivity contribution is 9.13. The summed E-state index contributed by atoms with van der Waals surface area (Å²) in [7, 11) is 0. The summed E-state index contributed by atoms with van der Waals surface area (Å²) in [5.41, 5.74) is 1.05. The molecular weight excluding hydrogens is 365 g/mol. The Morgan fingerprint density at radius 3 is 2.44 bits per heavy atom. The van der Waals surface area contributed by atoms with Gasteiger partial charge in [0.1, 0.15) is 11.6 Å². The summed E-state index contributed by atoms with van der Waals surface area (Å²) in [5.74, 6) is 0.203. The molecule has 0 aliphatic carbocycles. The van der Waals surface area contributed by atoms with Gasteiger partial charge < -0.3 is 4.42 Å². The van der Waals surface area contributed by atoms with E-state index in [1.165, 1.54) is 12.1 Å². The molecule has 0 unspecified atom stereocenters. The standard InChI is InChI=1S/C13H6Br2FNO/c14-12-6-11(18-13(12)15)5-9(7-17)8-1-3-10(16)4-2-8/h1-6H/b9-5-. The van der Waals surface area contributed by atoms with Crippen LogP contribution >= 0.6 is 31.9 Å². The first-order valence-electron chi connectivity index (χ1n) is 4.92. The molecule has 0 spiro atoms. The Labute approximate surface area is 120 Å². The van der Waals surface area contributed by atoms with Crippen molar-refractivity contribution in [3.8, 4) is 6.07 Å². The molecule has 1 heterocycles. The summed E-state index contributed by atoms with van der Waals surface area (Å²) in [6.07, 6.45) is 1.60. The molecule has 18 heavy (non-hydrogen) atoms. The Bertz CT molecular complexity index is 619. The quantitative estimate of drug-likeness (QED) is 0.697. The first kappa shape index (κ1) is 13.1. The molecule has 0 fully saturated rings. The van der Waals surface area contributed by atoms with Gasteiger partial charge in [-0.1, -0.05) is 12.1 Å². The first-order valence-corrected chi connectivity index (χ1v) is 6.51. The molecule has 2 aromatic rings. The molecule has 0 bridgehead atoms. The van der Waals surface area contributed by atoms with Gasteiger partial charge in [0.2, 0.25) is 0 Å². The topological polar surface area (TPSA) is 36.9 Å². The third-order valence-electron chi connectivity index (χ3n) is 2.23. The summed E-state index contributed by atoms with van der Waals surface area (Å²) >= 11 is 6.51. The molecule has 0 N–H and O–H groups in total. The van der Waals surface area contributed by atoms with Crippen LogP contribution in [0.4, 0.5) is 4.39 Å². The van der Waals surface area contributed by atoms with E-state index in [1.807, 2.05) is 0 Å². The molecule has 90 valence electrons. The lowest BCUT2D eigenvalue weighted by Gasteiger charge is -1.97. The van der Waals surface area contributed by atoms with Crippen LogP contribution in [0, 0.1) is 17.1 Å². The SMILES string of the molecule is N#C/C(=C/c1cc(Br)c(Br)o1)c1ccc(F)cc1. The second-order valence-electron chi connectivity index (χ2n) is 3.45. The van der Waals surface area contributed by atoms with E-state index in [1.54, 1.807) is 24.3 Å². The second kappa shape index (κ2) is 5.51. The second-order valence-corrected chi connectivity index (χ2v) is 5.02. The van der Waals surface area contributed by atoms with Gasteiger partial charge in [0.15, 0.2) is 4.67 Å². The van der Waals surface area contributed by atoms with Gasteiger partial charge >= 0.3 is 0 Å². The Balaban J connectivity index is 2.40. The third-order valence-corrected chi connectivity index (χ3v) is 3.94. The summed E-state index contributed by atoms with van der Waals surface area (Å²) in [6.45, 7) is 0. The van der Waals surface area contributed by atoms with E-state index in [0.29, 0.717) is 21.6 Å². The largest absolute Gasteiger partial charge is 0.449 e. The van der Waals surface area contributed by atoms with E-state index in [0.717, 1.165) is 4.47 Å². The van der Waals surface area contributed by atoms with E-state index in [4.69, 9.17) is 9.68 Å². The van der Waals surface area contributed by atoms with Crippen LogP contribution in [0.3, 0.4) is 0 Å². The van der Waals surface area contributed by atoms with Gasteiger partial charge in [0, 0.05) is 0 Å². The lowest BCUT2D eigenvalue weighted by molar-refractivity contribution is 0.530. The number of hydrogen-bond donors (Lipinski definition) is 0. The Morgan fingerprint density at radius 2 is 1.94 bits per heavy atom. The van der Waals surface area contributed by atoms with Crippen molar-refractivity contribution in [2.45, 2.75) is 0 Å². The van der Waals surface area contributed by atoms with Crippen molar-refractivity contribution in [1.82, 2.24) is 0 Å². The van der Waals surface area contributed by atoms with Gasteiger partial charge in [-0.05, 0) is 61.7 Å². The Morgan fingerprint density at radius 1 is 1.28 bits per heavy atom. The van der Waals surface area contributed by atoms with Crippen molar-refractivity contribution in [3.05, 3.63) is 56.6 Å². The lowest BCUT2D eigenvalue weighted by Crippen LogP contribution is -1.82. The smallest absolute Gasteiger partial charge is 0.184 e. The van der Waals surface area contributed by atoms with Crippen molar-refractivity contribution in [1.29, 1.82) is 5.26 Å². The van der Waals surface area contributed by atoms with Crippen LogP contribution in [0.1, 0.15) is 11.3 Å². The normalized spacial score (nSPS) is 11.3. The zero-order valence-corrected chi connectivity index (χ0v) is 12.1. The van der Waals surface area contributed by atoms with Gasteiger partial charge in [0.25, 0.3) is 0 Å². The first-order chi connectivity index (χ1) is 8.60. The number of furan rings is 1. The highest BCUT2D eigenvalue weighted by Crippen LogP contribution is 2.29. The Kier molecular flexibility index (Phi) is 4.00. The number of nitriles is 1. The molecule has 5 heteroatoms. The average Bonchev–Trinajstić information content (AvgIpc) is 2.67. The van der Waals surface area contributed by atoms with Gasteiger partial charge in [-0.2, -0.15) is 5.26 Å². The van der Waals surface area contributed by atoms with Crippen LogP contribution in [-0.2, 0) is 0 Å². The molecule has 2 rings (SSSR count). The summed E-state index contributed by atoms with van der Waals surface area (Å²) in [4.78, 5) is 0. The number of nitrogens with zero attached hydrogens (tertiary/aromatic N) is 1. The highest BCUT2D eigenvalue weighted by Gasteiger charge is 2.07. The molecule has 2 nitrogen and oxygen atoms in total. The van der Waals surface area contributed by atoms with Crippen LogP contribution in [0.2, 0.25) is 0 Å². The van der Waals surface area contributed by atoms with Crippen molar-refractivity contribution in [3.63, 3.8) is 0 Å². The van der Waals surface area contributed by atoms with E-state index >= 15 is 0 Å². The maximum absolute atomic E-state index is 12.8.